The van der Waals surface area contributed by atoms with E-state index in [2.05, 4.69) is 15.2 Å². The van der Waals surface area contributed by atoms with E-state index >= 15 is 0 Å². The molecule has 0 fully saturated rings. The van der Waals surface area contributed by atoms with Gasteiger partial charge < -0.3 is 4.90 Å². The van der Waals surface area contributed by atoms with Crippen LogP contribution >= 0.6 is 0 Å². The van der Waals surface area contributed by atoms with Crippen LogP contribution in [0.25, 0.3) is 27.8 Å². The zero-order valence-corrected chi connectivity index (χ0v) is 17.7. The number of fused-ring (bicyclic) bond motifs is 3. The van der Waals surface area contributed by atoms with Crippen molar-refractivity contribution in [2.45, 2.75) is 12.6 Å². The van der Waals surface area contributed by atoms with Crippen LogP contribution in [-0.4, -0.2) is 32.8 Å². The molecule has 10 heteroatoms. The molecule has 0 saturated carbocycles. The molecular weight excluding hydrogens is 453 g/mol. The number of nitrogens with zero attached hydrogens (tertiary/aromatic N) is 5. The molecule has 34 heavy (non-hydrogen) atoms. The second-order valence-corrected chi connectivity index (χ2v) is 7.82. The van der Waals surface area contributed by atoms with Crippen molar-refractivity contribution in [1.82, 2.24) is 19.6 Å². The van der Waals surface area contributed by atoms with E-state index in [0.29, 0.717) is 22.4 Å². The highest BCUT2D eigenvalue weighted by molar-refractivity contribution is 5.93. The number of anilines is 2. The van der Waals surface area contributed by atoms with Gasteiger partial charge in [0, 0.05) is 24.2 Å². The molecule has 0 N–H and O–H groups in total. The summed E-state index contributed by atoms with van der Waals surface area (Å²) in [6.45, 7) is 0. The van der Waals surface area contributed by atoms with E-state index in [-0.39, 0.29) is 11.3 Å². The van der Waals surface area contributed by atoms with Crippen molar-refractivity contribution in [2.24, 2.45) is 0 Å². The summed E-state index contributed by atoms with van der Waals surface area (Å²) in [6.07, 6.45) is -3.89. The van der Waals surface area contributed by atoms with Gasteiger partial charge in [0.1, 0.15) is 12.1 Å². The van der Waals surface area contributed by atoms with Crippen molar-refractivity contribution in [3.05, 3.63) is 84.2 Å². The van der Waals surface area contributed by atoms with Gasteiger partial charge in [0.2, 0.25) is 0 Å². The van der Waals surface area contributed by atoms with Crippen LogP contribution in [0.15, 0.2) is 67.0 Å². The fraction of sp³-hybridized carbons (Fsp3) is 0.125. The molecule has 5 aromatic rings. The smallest absolute Gasteiger partial charge is 0.329 e. The maximum Gasteiger partial charge on any atom is 0.393 e. The summed E-state index contributed by atoms with van der Waals surface area (Å²) in [5.74, 6) is -1.45. The molecule has 2 aromatic heterocycles. The van der Waals surface area contributed by atoms with Crippen LogP contribution in [0.5, 0.6) is 0 Å². The van der Waals surface area contributed by atoms with Gasteiger partial charge in [-0.25, -0.2) is 8.78 Å². The van der Waals surface area contributed by atoms with Crippen molar-refractivity contribution in [3.8, 4) is 11.1 Å². The summed E-state index contributed by atoms with van der Waals surface area (Å²) >= 11 is 0. The van der Waals surface area contributed by atoms with Gasteiger partial charge in [-0.2, -0.15) is 18.2 Å². The summed E-state index contributed by atoms with van der Waals surface area (Å²) in [4.78, 5) is 6.18. The first-order chi connectivity index (χ1) is 16.2. The molecule has 0 saturated heterocycles. The monoisotopic (exact) mass is 469 g/mol. The maximum atomic E-state index is 14.1. The summed E-state index contributed by atoms with van der Waals surface area (Å²) in [6, 6.07) is 15.6. The van der Waals surface area contributed by atoms with Crippen LogP contribution in [0.2, 0.25) is 0 Å². The van der Waals surface area contributed by atoms with Gasteiger partial charge in [0.15, 0.2) is 11.6 Å². The maximum absolute atomic E-state index is 14.1. The van der Waals surface area contributed by atoms with Gasteiger partial charge in [-0.05, 0) is 34.9 Å². The fourth-order valence-electron chi connectivity index (χ4n) is 3.86. The first-order valence-corrected chi connectivity index (χ1v) is 10.2. The number of aromatic nitrogens is 4. The number of benzene rings is 3. The lowest BCUT2D eigenvalue weighted by Gasteiger charge is -2.21. The Morgan fingerprint density at radius 1 is 0.912 bits per heavy atom. The Morgan fingerprint density at radius 2 is 1.65 bits per heavy atom. The molecule has 0 aliphatic rings. The van der Waals surface area contributed by atoms with Crippen molar-refractivity contribution in [2.75, 3.05) is 11.9 Å². The Kier molecular flexibility index (Phi) is 5.15. The lowest BCUT2D eigenvalue weighted by molar-refractivity contribution is -0.127. The molecule has 0 unspecified atom stereocenters. The number of halogens is 5. The molecule has 0 spiro atoms. The molecule has 0 atom stereocenters. The quantitative estimate of drug-likeness (QED) is 0.299. The molecule has 3 aromatic carbocycles. The highest BCUT2D eigenvalue weighted by Gasteiger charge is 2.27. The van der Waals surface area contributed by atoms with Crippen LogP contribution in [0.4, 0.5) is 33.5 Å². The number of alkyl halides is 3. The van der Waals surface area contributed by atoms with E-state index in [9.17, 15) is 22.0 Å². The average molecular weight is 469 g/mol. The van der Waals surface area contributed by atoms with Crippen LogP contribution in [0.1, 0.15) is 5.56 Å². The normalized spacial score (nSPS) is 11.9. The van der Waals surface area contributed by atoms with Crippen molar-refractivity contribution < 1.29 is 22.0 Å². The molecule has 5 rings (SSSR count). The first kappa shape index (κ1) is 21.7. The lowest BCUT2D eigenvalue weighted by atomic mass is 10.0. The average Bonchev–Trinajstić information content (AvgIpc) is 3.27. The van der Waals surface area contributed by atoms with Gasteiger partial charge >= 0.3 is 6.18 Å². The van der Waals surface area contributed by atoms with E-state index in [1.54, 1.807) is 30.1 Å². The predicted molar refractivity (Wildman–Crippen MR) is 118 cm³/mol. The Morgan fingerprint density at radius 3 is 2.38 bits per heavy atom. The molecule has 5 nitrogen and oxygen atoms in total. The minimum absolute atomic E-state index is 0.177. The summed E-state index contributed by atoms with van der Waals surface area (Å²) in [5.41, 5.74) is 2.72. The summed E-state index contributed by atoms with van der Waals surface area (Å²) < 4.78 is 67.5. The highest BCUT2D eigenvalue weighted by atomic mass is 19.4. The van der Waals surface area contributed by atoms with Crippen LogP contribution in [0.3, 0.4) is 0 Å². The highest BCUT2D eigenvalue weighted by Crippen LogP contribution is 2.33. The van der Waals surface area contributed by atoms with Gasteiger partial charge in [-0.1, -0.05) is 36.4 Å². The Hall–Kier alpha value is -4.08. The molecule has 2 heterocycles. The third-order valence-electron chi connectivity index (χ3n) is 5.52. The Balaban J connectivity index is 1.55. The third kappa shape index (κ3) is 4.02. The molecule has 172 valence electrons. The van der Waals surface area contributed by atoms with E-state index in [1.807, 2.05) is 18.2 Å². The zero-order chi connectivity index (χ0) is 24.0. The van der Waals surface area contributed by atoms with Crippen molar-refractivity contribution >= 4 is 28.2 Å². The van der Waals surface area contributed by atoms with Gasteiger partial charge in [0.05, 0.1) is 11.9 Å². The number of hydrogen-bond acceptors (Lipinski definition) is 4. The Bertz CT molecular complexity index is 1510. The van der Waals surface area contributed by atoms with Gasteiger partial charge in [0.25, 0.3) is 5.78 Å². The minimum Gasteiger partial charge on any atom is -0.329 e. The summed E-state index contributed by atoms with van der Waals surface area (Å²) in [7, 11) is 1.72. The minimum atomic E-state index is -4.27. The second kappa shape index (κ2) is 8.05. The molecule has 0 bridgehead atoms. The molecule has 0 aliphatic carbocycles. The van der Waals surface area contributed by atoms with Crippen LogP contribution in [0, 0.1) is 11.6 Å². The number of hydrogen-bond donors (Lipinski definition) is 0. The summed E-state index contributed by atoms with van der Waals surface area (Å²) in [5, 5.41) is 8.10. The van der Waals surface area contributed by atoms with Crippen LogP contribution < -0.4 is 4.90 Å². The van der Waals surface area contributed by atoms with Crippen molar-refractivity contribution in [1.29, 1.82) is 0 Å². The third-order valence-corrected chi connectivity index (χ3v) is 5.52. The standard InChI is InChI=1S/C24H16F5N5/c1-33(22-18-10-19(25)20(26)11-21(18)34-13-30-32-23(34)31-22)17-4-2-3-16(9-17)15-7-5-14(6-8-15)12-24(27,28)29/h2-11,13H,12H2,1H3. The van der Waals surface area contributed by atoms with E-state index in [1.165, 1.54) is 22.9 Å². The topological polar surface area (TPSA) is 46.3 Å². The fourth-order valence-corrected chi connectivity index (χ4v) is 3.86. The van der Waals surface area contributed by atoms with E-state index in [4.69, 9.17) is 0 Å². The SMILES string of the molecule is CN(c1cccc(-c2ccc(CC(F)(F)F)cc2)c1)c1nc2nncn2c2cc(F)c(F)cc12. The van der Waals surface area contributed by atoms with E-state index in [0.717, 1.165) is 23.3 Å². The molecule has 0 aliphatic heterocycles. The lowest BCUT2D eigenvalue weighted by Crippen LogP contribution is -2.13. The van der Waals surface area contributed by atoms with Crippen LogP contribution in [-0.2, 0) is 6.42 Å². The Labute approximate surface area is 190 Å². The largest absolute Gasteiger partial charge is 0.393 e. The van der Waals surface area contributed by atoms with Crippen molar-refractivity contribution in [3.63, 3.8) is 0 Å². The van der Waals surface area contributed by atoms with E-state index < -0.39 is 24.2 Å². The molecular formula is C24H16F5N5. The zero-order valence-electron chi connectivity index (χ0n) is 17.7. The second-order valence-electron chi connectivity index (χ2n) is 7.82. The van der Waals surface area contributed by atoms with Gasteiger partial charge in [-0.15, -0.1) is 10.2 Å². The predicted octanol–water partition coefficient (Wildman–Crippen LogP) is 6.10. The van der Waals surface area contributed by atoms with Gasteiger partial charge in [-0.3, -0.25) is 4.40 Å². The number of rotatable bonds is 4. The molecule has 0 radical (unpaired) electrons. The molecule has 0 amide bonds. The first-order valence-electron chi connectivity index (χ1n) is 10.2.